The van der Waals surface area contributed by atoms with Crippen molar-refractivity contribution in [3.8, 4) is 11.8 Å². The average Bonchev–Trinajstić information content (AvgIpc) is 2.41. The predicted molar refractivity (Wildman–Crippen MR) is 77.9 cm³/mol. The summed E-state index contributed by atoms with van der Waals surface area (Å²) in [6.45, 7) is 3.91. The molecule has 1 aromatic rings. The second kappa shape index (κ2) is 8.34. The van der Waals surface area contributed by atoms with Gasteiger partial charge in [0.2, 0.25) is 5.91 Å². The summed E-state index contributed by atoms with van der Waals surface area (Å²) < 4.78 is 5.07. The molecule has 0 saturated carbocycles. The standard InChI is InChI=1S/C16H21NO2/c1-4-5-6-7-10-15-11-8-9-12-16(15)17(13-19-3)14(2)18/h8-9,11-12H,4-6,13H2,1-3H3. The molecule has 0 aromatic heterocycles. The van der Waals surface area contributed by atoms with Gasteiger partial charge in [-0.3, -0.25) is 9.69 Å². The third-order valence-electron chi connectivity index (χ3n) is 2.71. The predicted octanol–water partition coefficient (Wildman–Crippen LogP) is 3.19. The second-order valence-electron chi connectivity index (χ2n) is 4.29. The number of hydrogen-bond donors (Lipinski definition) is 0. The minimum absolute atomic E-state index is 0.0512. The van der Waals surface area contributed by atoms with Gasteiger partial charge in [-0.05, 0) is 18.6 Å². The summed E-state index contributed by atoms with van der Waals surface area (Å²) in [5, 5.41) is 0. The summed E-state index contributed by atoms with van der Waals surface area (Å²) in [6, 6.07) is 7.65. The second-order valence-corrected chi connectivity index (χ2v) is 4.29. The number of anilines is 1. The molecule has 0 heterocycles. The molecule has 1 aromatic carbocycles. The maximum Gasteiger partial charge on any atom is 0.225 e. The van der Waals surface area contributed by atoms with Crippen LogP contribution in [0.15, 0.2) is 24.3 Å². The number of hydrogen-bond acceptors (Lipinski definition) is 2. The molecule has 0 aliphatic carbocycles. The number of methoxy groups -OCH3 is 1. The Bertz CT molecular complexity index is 471. The van der Waals surface area contributed by atoms with Crippen molar-refractivity contribution in [1.82, 2.24) is 0 Å². The van der Waals surface area contributed by atoms with Crippen molar-refractivity contribution < 1.29 is 9.53 Å². The zero-order valence-electron chi connectivity index (χ0n) is 11.9. The van der Waals surface area contributed by atoms with E-state index in [-0.39, 0.29) is 12.6 Å². The number of para-hydroxylation sites is 1. The largest absolute Gasteiger partial charge is 0.364 e. The zero-order valence-corrected chi connectivity index (χ0v) is 11.9. The Morgan fingerprint density at radius 3 is 2.74 bits per heavy atom. The van der Waals surface area contributed by atoms with Crippen molar-refractivity contribution in [2.75, 3.05) is 18.7 Å². The molecule has 0 bridgehead atoms. The van der Waals surface area contributed by atoms with Crippen LogP contribution in [0.3, 0.4) is 0 Å². The van der Waals surface area contributed by atoms with Crippen molar-refractivity contribution in [1.29, 1.82) is 0 Å². The summed E-state index contributed by atoms with van der Waals surface area (Å²) in [6.07, 6.45) is 3.12. The van der Waals surface area contributed by atoms with E-state index in [1.165, 1.54) is 6.92 Å². The monoisotopic (exact) mass is 259 g/mol. The maximum absolute atomic E-state index is 11.7. The lowest BCUT2D eigenvalue weighted by Crippen LogP contribution is -2.31. The van der Waals surface area contributed by atoms with E-state index in [2.05, 4.69) is 18.8 Å². The molecule has 102 valence electrons. The Morgan fingerprint density at radius 2 is 2.11 bits per heavy atom. The van der Waals surface area contributed by atoms with Crippen molar-refractivity contribution in [3.05, 3.63) is 29.8 Å². The van der Waals surface area contributed by atoms with E-state index in [4.69, 9.17) is 4.74 Å². The summed E-state index contributed by atoms with van der Waals surface area (Å²) in [7, 11) is 1.57. The highest BCUT2D eigenvalue weighted by atomic mass is 16.5. The summed E-state index contributed by atoms with van der Waals surface area (Å²) in [5.41, 5.74) is 1.67. The van der Waals surface area contributed by atoms with Gasteiger partial charge in [-0.1, -0.05) is 37.3 Å². The first-order valence-corrected chi connectivity index (χ1v) is 6.55. The Hall–Kier alpha value is -1.79. The fraction of sp³-hybridized carbons (Fsp3) is 0.438. The molecule has 0 spiro atoms. The van der Waals surface area contributed by atoms with Gasteiger partial charge in [-0.2, -0.15) is 0 Å². The van der Waals surface area contributed by atoms with E-state index in [9.17, 15) is 4.79 Å². The Balaban J connectivity index is 2.98. The Morgan fingerprint density at radius 1 is 1.37 bits per heavy atom. The van der Waals surface area contributed by atoms with E-state index in [1.807, 2.05) is 24.3 Å². The van der Waals surface area contributed by atoms with Crippen LogP contribution in [0, 0.1) is 11.8 Å². The third-order valence-corrected chi connectivity index (χ3v) is 2.71. The van der Waals surface area contributed by atoms with Gasteiger partial charge in [0, 0.05) is 26.0 Å². The maximum atomic E-state index is 11.7. The number of nitrogens with zero attached hydrogens (tertiary/aromatic N) is 1. The lowest BCUT2D eigenvalue weighted by molar-refractivity contribution is -0.117. The van der Waals surface area contributed by atoms with Crippen LogP contribution < -0.4 is 4.90 Å². The van der Waals surface area contributed by atoms with Crippen LogP contribution >= 0.6 is 0 Å². The van der Waals surface area contributed by atoms with Gasteiger partial charge in [0.25, 0.3) is 0 Å². The van der Waals surface area contributed by atoms with Crippen molar-refractivity contribution in [3.63, 3.8) is 0 Å². The molecular weight excluding hydrogens is 238 g/mol. The lowest BCUT2D eigenvalue weighted by atomic mass is 10.1. The van der Waals surface area contributed by atoms with E-state index < -0.39 is 0 Å². The highest BCUT2D eigenvalue weighted by Crippen LogP contribution is 2.19. The van der Waals surface area contributed by atoms with Crippen LogP contribution in [0.2, 0.25) is 0 Å². The van der Waals surface area contributed by atoms with Crippen LogP contribution in [0.5, 0.6) is 0 Å². The highest BCUT2D eigenvalue weighted by Gasteiger charge is 2.13. The van der Waals surface area contributed by atoms with Gasteiger partial charge in [0.05, 0.1) is 5.69 Å². The van der Waals surface area contributed by atoms with Crippen LogP contribution in [-0.4, -0.2) is 19.7 Å². The van der Waals surface area contributed by atoms with Gasteiger partial charge >= 0.3 is 0 Å². The molecule has 0 atom stereocenters. The summed E-state index contributed by atoms with van der Waals surface area (Å²) >= 11 is 0. The molecule has 0 radical (unpaired) electrons. The van der Waals surface area contributed by atoms with Gasteiger partial charge in [0.15, 0.2) is 0 Å². The molecule has 0 N–H and O–H groups in total. The number of ether oxygens (including phenoxy) is 1. The van der Waals surface area contributed by atoms with Crippen LogP contribution in [0.1, 0.15) is 38.7 Å². The molecule has 0 unspecified atom stereocenters. The summed E-state index contributed by atoms with van der Waals surface area (Å²) in [5.74, 6) is 6.24. The van der Waals surface area contributed by atoms with Gasteiger partial charge in [-0.25, -0.2) is 0 Å². The quantitative estimate of drug-likeness (QED) is 0.462. The van der Waals surface area contributed by atoms with E-state index >= 15 is 0 Å². The van der Waals surface area contributed by atoms with E-state index in [0.717, 1.165) is 30.5 Å². The number of benzene rings is 1. The molecule has 0 saturated heterocycles. The zero-order chi connectivity index (χ0) is 14.1. The van der Waals surface area contributed by atoms with E-state index in [1.54, 1.807) is 12.0 Å². The van der Waals surface area contributed by atoms with Gasteiger partial charge in [-0.15, -0.1) is 0 Å². The first-order chi connectivity index (χ1) is 9.20. The average molecular weight is 259 g/mol. The normalized spacial score (nSPS) is 9.63. The van der Waals surface area contributed by atoms with Crippen molar-refractivity contribution >= 4 is 11.6 Å². The summed E-state index contributed by atoms with van der Waals surface area (Å²) in [4.78, 5) is 13.2. The van der Waals surface area contributed by atoms with Crippen LogP contribution in [-0.2, 0) is 9.53 Å². The molecule has 3 heteroatoms. The first kappa shape index (κ1) is 15.3. The first-order valence-electron chi connectivity index (χ1n) is 6.55. The fourth-order valence-electron chi connectivity index (χ4n) is 1.70. The number of unbranched alkanes of at least 4 members (excludes halogenated alkanes) is 2. The minimum Gasteiger partial charge on any atom is -0.364 e. The highest BCUT2D eigenvalue weighted by molar-refractivity contribution is 5.92. The molecule has 0 fully saturated rings. The molecule has 1 rings (SSSR count). The number of amides is 1. The number of carbonyl (C=O) groups is 1. The molecule has 3 nitrogen and oxygen atoms in total. The fourth-order valence-corrected chi connectivity index (χ4v) is 1.70. The number of rotatable bonds is 5. The van der Waals surface area contributed by atoms with Crippen molar-refractivity contribution in [2.45, 2.75) is 33.1 Å². The molecule has 0 aliphatic heterocycles. The minimum atomic E-state index is -0.0512. The Kier molecular flexibility index (Phi) is 6.70. The number of carbonyl (C=O) groups excluding carboxylic acids is 1. The lowest BCUT2D eigenvalue weighted by Gasteiger charge is -2.21. The Labute approximate surface area is 115 Å². The smallest absolute Gasteiger partial charge is 0.225 e. The molecular formula is C16H21NO2. The van der Waals surface area contributed by atoms with Gasteiger partial charge < -0.3 is 4.74 Å². The van der Waals surface area contributed by atoms with Gasteiger partial charge in [0.1, 0.15) is 6.73 Å². The molecule has 19 heavy (non-hydrogen) atoms. The topological polar surface area (TPSA) is 29.5 Å². The van der Waals surface area contributed by atoms with Crippen LogP contribution in [0.4, 0.5) is 5.69 Å². The molecule has 0 aliphatic rings. The third kappa shape index (κ3) is 4.76. The SMILES string of the molecule is CCCCC#Cc1ccccc1N(COC)C(C)=O. The van der Waals surface area contributed by atoms with Crippen molar-refractivity contribution in [2.24, 2.45) is 0 Å². The molecule has 1 amide bonds. The van der Waals surface area contributed by atoms with Crippen LogP contribution in [0.25, 0.3) is 0 Å². The van der Waals surface area contributed by atoms with E-state index in [0.29, 0.717) is 0 Å².